The number of carboxylic acids is 1. The second-order valence-electron chi connectivity index (χ2n) is 5.00. The summed E-state index contributed by atoms with van der Waals surface area (Å²) >= 11 is 12.0. The van der Waals surface area contributed by atoms with Crippen LogP contribution in [0.2, 0.25) is 10.0 Å². The van der Waals surface area contributed by atoms with Gasteiger partial charge in [-0.05, 0) is 35.9 Å². The Morgan fingerprint density at radius 1 is 1.09 bits per heavy atom. The first-order chi connectivity index (χ1) is 10.9. The van der Waals surface area contributed by atoms with E-state index in [4.69, 9.17) is 32.7 Å². The molecule has 0 atom stereocenters. The number of benzene rings is 2. The van der Waals surface area contributed by atoms with Crippen molar-refractivity contribution in [3.63, 3.8) is 0 Å². The molecule has 0 aliphatic rings. The third kappa shape index (κ3) is 3.23. The molecule has 1 heterocycles. The zero-order valence-corrected chi connectivity index (χ0v) is 13.2. The molecular formula is C17H10Cl2O4. The van der Waals surface area contributed by atoms with E-state index in [-0.39, 0.29) is 11.8 Å². The average molecular weight is 349 g/mol. The lowest BCUT2D eigenvalue weighted by Gasteiger charge is -2.06. The van der Waals surface area contributed by atoms with Crippen LogP contribution in [0.3, 0.4) is 0 Å². The van der Waals surface area contributed by atoms with Crippen LogP contribution in [0.1, 0.15) is 5.56 Å². The van der Waals surface area contributed by atoms with Crippen molar-refractivity contribution in [2.45, 2.75) is 6.42 Å². The van der Waals surface area contributed by atoms with Crippen LogP contribution in [0, 0.1) is 0 Å². The second-order valence-corrected chi connectivity index (χ2v) is 5.84. The Morgan fingerprint density at radius 3 is 2.57 bits per heavy atom. The summed E-state index contributed by atoms with van der Waals surface area (Å²) in [5.41, 5.74) is 1.20. The number of hydrogen-bond donors (Lipinski definition) is 1. The van der Waals surface area contributed by atoms with Gasteiger partial charge in [-0.3, -0.25) is 9.59 Å². The molecule has 0 unspecified atom stereocenters. The van der Waals surface area contributed by atoms with Crippen molar-refractivity contribution < 1.29 is 14.3 Å². The maximum absolute atomic E-state index is 12.3. The van der Waals surface area contributed by atoms with Crippen molar-refractivity contribution in [2.75, 3.05) is 0 Å². The van der Waals surface area contributed by atoms with Gasteiger partial charge in [0.1, 0.15) is 11.3 Å². The SMILES string of the molecule is O=C(O)Cc1ccc2oc(-c3ccc(Cl)cc3Cl)cc(=O)c2c1. The summed E-state index contributed by atoms with van der Waals surface area (Å²) in [5.74, 6) is -0.631. The Bertz CT molecular complexity index is 976. The molecule has 0 saturated carbocycles. The molecule has 0 spiro atoms. The molecule has 6 heteroatoms. The van der Waals surface area contributed by atoms with Crippen LogP contribution in [0.5, 0.6) is 0 Å². The lowest BCUT2D eigenvalue weighted by molar-refractivity contribution is -0.136. The van der Waals surface area contributed by atoms with Gasteiger partial charge in [0.25, 0.3) is 0 Å². The number of hydrogen-bond acceptors (Lipinski definition) is 3. The van der Waals surface area contributed by atoms with Gasteiger partial charge in [0.2, 0.25) is 0 Å². The standard InChI is InChI=1S/C17H10Cl2O4/c18-10-2-3-11(13(19)7-10)16-8-14(20)12-5-9(6-17(21)22)1-4-15(12)23-16/h1-5,7-8H,6H2,(H,21,22). The quantitative estimate of drug-likeness (QED) is 0.761. The van der Waals surface area contributed by atoms with Crippen molar-refractivity contribution >= 4 is 40.1 Å². The van der Waals surface area contributed by atoms with Crippen molar-refractivity contribution in [1.29, 1.82) is 0 Å². The minimum Gasteiger partial charge on any atom is -0.481 e. The van der Waals surface area contributed by atoms with Crippen LogP contribution >= 0.6 is 23.2 Å². The Balaban J connectivity index is 2.15. The summed E-state index contributed by atoms with van der Waals surface area (Å²) in [6, 6.07) is 11.0. The molecule has 1 aromatic heterocycles. The van der Waals surface area contributed by atoms with Crippen molar-refractivity contribution in [3.8, 4) is 11.3 Å². The molecule has 1 N–H and O–H groups in total. The summed E-state index contributed by atoms with van der Waals surface area (Å²) in [5, 5.41) is 10.0. The lowest BCUT2D eigenvalue weighted by Crippen LogP contribution is -2.04. The third-order valence-corrected chi connectivity index (χ3v) is 3.89. The van der Waals surface area contributed by atoms with E-state index in [0.29, 0.717) is 37.9 Å². The Labute approximate surface area is 140 Å². The van der Waals surface area contributed by atoms with Crippen LogP contribution in [-0.2, 0) is 11.2 Å². The highest BCUT2D eigenvalue weighted by molar-refractivity contribution is 6.36. The largest absolute Gasteiger partial charge is 0.481 e. The molecule has 0 bridgehead atoms. The molecule has 0 radical (unpaired) electrons. The molecule has 0 aliphatic heterocycles. The third-order valence-electron chi connectivity index (χ3n) is 3.34. The van der Waals surface area contributed by atoms with E-state index >= 15 is 0 Å². The van der Waals surface area contributed by atoms with Gasteiger partial charge >= 0.3 is 5.97 Å². The van der Waals surface area contributed by atoms with Crippen LogP contribution in [-0.4, -0.2) is 11.1 Å². The summed E-state index contributed by atoms with van der Waals surface area (Å²) < 4.78 is 5.73. The maximum atomic E-state index is 12.3. The normalized spacial score (nSPS) is 10.9. The first-order valence-corrected chi connectivity index (χ1v) is 7.43. The lowest BCUT2D eigenvalue weighted by atomic mass is 10.1. The average Bonchev–Trinajstić information content (AvgIpc) is 2.47. The minimum absolute atomic E-state index is 0.153. The second kappa shape index (κ2) is 6.07. The Hall–Kier alpha value is -2.30. The summed E-state index contributed by atoms with van der Waals surface area (Å²) in [7, 11) is 0. The number of fused-ring (bicyclic) bond motifs is 1. The van der Waals surface area contributed by atoms with Crippen molar-refractivity contribution in [3.05, 3.63) is 68.3 Å². The number of halogens is 2. The molecular weight excluding hydrogens is 339 g/mol. The van der Waals surface area contributed by atoms with Gasteiger partial charge in [0.05, 0.1) is 16.8 Å². The molecule has 0 aliphatic carbocycles. The highest BCUT2D eigenvalue weighted by Crippen LogP contribution is 2.31. The van der Waals surface area contributed by atoms with Gasteiger partial charge in [-0.2, -0.15) is 0 Å². The van der Waals surface area contributed by atoms with E-state index in [1.807, 2.05) is 0 Å². The number of aliphatic carboxylic acids is 1. The van der Waals surface area contributed by atoms with Crippen LogP contribution < -0.4 is 5.43 Å². The smallest absolute Gasteiger partial charge is 0.307 e. The monoisotopic (exact) mass is 348 g/mol. The fraction of sp³-hybridized carbons (Fsp3) is 0.0588. The molecule has 0 saturated heterocycles. The van der Waals surface area contributed by atoms with Crippen LogP contribution in [0.15, 0.2) is 51.7 Å². The van der Waals surface area contributed by atoms with Gasteiger partial charge in [-0.25, -0.2) is 0 Å². The van der Waals surface area contributed by atoms with Crippen molar-refractivity contribution in [2.24, 2.45) is 0 Å². The zero-order valence-electron chi connectivity index (χ0n) is 11.7. The van der Waals surface area contributed by atoms with Gasteiger partial charge in [-0.15, -0.1) is 0 Å². The van der Waals surface area contributed by atoms with Gasteiger partial charge in [0.15, 0.2) is 5.43 Å². The highest BCUT2D eigenvalue weighted by Gasteiger charge is 2.11. The molecule has 116 valence electrons. The molecule has 4 nitrogen and oxygen atoms in total. The topological polar surface area (TPSA) is 67.5 Å². The van der Waals surface area contributed by atoms with Gasteiger partial charge < -0.3 is 9.52 Å². The predicted molar refractivity (Wildman–Crippen MR) is 89.3 cm³/mol. The first kappa shape index (κ1) is 15.6. The summed E-state index contributed by atoms with van der Waals surface area (Å²) in [4.78, 5) is 23.1. The van der Waals surface area contributed by atoms with E-state index in [9.17, 15) is 9.59 Å². The van der Waals surface area contributed by atoms with E-state index < -0.39 is 5.97 Å². The van der Waals surface area contributed by atoms with Gasteiger partial charge in [-0.1, -0.05) is 29.3 Å². The van der Waals surface area contributed by atoms with Crippen molar-refractivity contribution in [1.82, 2.24) is 0 Å². The van der Waals surface area contributed by atoms with Gasteiger partial charge in [0, 0.05) is 16.7 Å². The summed E-state index contributed by atoms with van der Waals surface area (Å²) in [6.45, 7) is 0. The molecule has 3 aromatic rings. The summed E-state index contributed by atoms with van der Waals surface area (Å²) in [6.07, 6.45) is -0.153. The Morgan fingerprint density at radius 2 is 1.87 bits per heavy atom. The molecule has 0 fully saturated rings. The zero-order chi connectivity index (χ0) is 16.6. The van der Waals surface area contributed by atoms with E-state index in [1.165, 1.54) is 12.1 Å². The first-order valence-electron chi connectivity index (χ1n) is 6.68. The van der Waals surface area contributed by atoms with E-state index in [0.717, 1.165) is 0 Å². The maximum Gasteiger partial charge on any atom is 0.307 e. The van der Waals surface area contributed by atoms with Crippen LogP contribution in [0.4, 0.5) is 0 Å². The fourth-order valence-electron chi connectivity index (χ4n) is 2.31. The number of carbonyl (C=O) groups is 1. The molecule has 2 aromatic carbocycles. The molecule has 3 rings (SSSR count). The minimum atomic E-state index is -0.960. The van der Waals surface area contributed by atoms with E-state index in [2.05, 4.69) is 0 Å². The molecule has 0 amide bonds. The predicted octanol–water partition coefficient (Wildman–Crippen LogP) is 4.39. The number of rotatable bonds is 3. The highest BCUT2D eigenvalue weighted by atomic mass is 35.5. The van der Waals surface area contributed by atoms with Crippen LogP contribution in [0.25, 0.3) is 22.3 Å². The molecule has 23 heavy (non-hydrogen) atoms. The number of carboxylic acid groups (broad SMARTS) is 1. The Kier molecular flexibility index (Phi) is 4.11. The van der Waals surface area contributed by atoms with E-state index in [1.54, 1.807) is 30.3 Å². The fourth-order valence-corrected chi connectivity index (χ4v) is 2.81.